The maximum Gasteiger partial charge on any atom is 0.235 e. The minimum absolute atomic E-state index is 0.0985. The van der Waals surface area contributed by atoms with Crippen LogP contribution in [0.25, 0.3) is 0 Å². The molecular weight excluding hydrogens is 450 g/mol. The van der Waals surface area contributed by atoms with Crippen LogP contribution in [-0.2, 0) is 9.59 Å². The Morgan fingerprint density at radius 3 is 2.76 bits per heavy atom. The highest BCUT2D eigenvalue weighted by atomic mass is 79.9. The van der Waals surface area contributed by atoms with E-state index < -0.39 is 5.92 Å². The number of hydrogen-bond acceptors (Lipinski definition) is 5. The van der Waals surface area contributed by atoms with Gasteiger partial charge in [0.1, 0.15) is 5.82 Å². The molecule has 0 saturated carbocycles. The molecule has 5 nitrogen and oxygen atoms in total. The number of thiophene rings is 1. The second-order valence-electron chi connectivity index (χ2n) is 8.28. The fourth-order valence-corrected chi connectivity index (χ4v) is 5.77. The van der Waals surface area contributed by atoms with E-state index in [0.717, 1.165) is 20.8 Å². The Morgan fingerprint density at radius 1 is 1.31 bits per heavy atom. The molecule has 0 bridgehead atoms. The summed E-state index contributed by atoms with van der Waals surface area (Å²) < 4.78 is 0.964. The lowest BCUT2D eigenvalue weighted by Crippen LogP contribution is -2.44. The number of ketones is 1. The molecule has 3 heterocycles. The first-order valence-electron chi connectivity index (χ1n) is 9.44. The van der Waals surface area contributed by atoms with E-state index in [1.54, 1.807) is 29.7 Å². The van der Waals surface area contributed by atoms with Gasteiger partial charge in [-0.25, -0.2) is 4.98 Å². The van der Waals surface area contributed by atoms with Gasteiger partial charge in [0.05, 0.1) is 9.70 Å². The molecule has 7 heteroatoms. The molecule has 2 N–H and O–H groups in total. The number of rotatable bonds is 3. The predicted octanol–water partition coefficient (Wildman–Crippen LogP) is 5.00. The third kappa shape index (κ3) is 3.94. The SMILES string of the molecule is C=C1NC2=C(C(=O)CC(C)(C)C2)C(c2ccc(Br)s2)C1C(=O)Nc1ccccn1. The lowest BCUT2D eigenvalue weighted by molar-refractivity contribution is -0.120. The van der Waals surface area contributed by atoms with Crippen LogP contribution in [0, 0.1) is 11.3 Å². The fourth-order valence-electron chi connectivity index (χ4n) is 4.20. The van der Waals surface area contributed by atoms with E-state index >= 15 is 0 Å². The highest BCUT2D eigenvalue weighted by Gasteiger charge is 2.46. The summed E-state index contributed by atoms with van der Waals surface area (Å²) in [7, 11) is 0. The van der Waals surface area contributed by atoms with Crippen molar-refractivity contribution >= 4 is 44.8 Å². The summed E-state index contributed by atoms with van der Waals surface area (Å²) in [6.45, 7) is 8.35. The summed E-state index contributed by atoms with van der Waals surface area (Å²) in [5.41, 5.74) is 2.10. The quantitative estimate of drug-likeness (QED) is 0.660. The van der Waals surface area contributed by atoms with E-state index in [0.29, 0.717) is 23.5 Å². The van der Waals surface area contributed by atoms with Crippen LogP contribution < -0.4 is 10.6 Å². The van der Waals surface area contributed by atoms with Crippen molar-refractivity contribution in [1.82, 2.24) is 10.3 Å². The first kappa shape index (κ1) is 20.0. The van der Waals surface area contributed by atoms with E-state index in [9.17, 15) is 9.59 Å². The molecule has 0 saturated heterocycles. The second-order valence-corrected chi connectivity index (χ2v) is 10.8. The Hall–Kier alpha value is -2.25. The maximum atomic E-state index is 13.3. The van der Waals surface area contributed by atoms with Crippen LogP contribution >= 0.6 is 27.3 Å². The molecule has 4 rings (SSSR count). The molecule has 0 fully saturated rings. The average Bonchev–Trinajstić information content (AvgIpc) is 3.06. The number of Topliss-reactive ketones (excluding diaryl/α,β-unsaturated/α-hetero) is 1. The number of carbonyl (C=O) groups excluding carboxylic acids is 2. The molecule has 2 aromatic heterocycles. The minimum atomic E-state index is -0.605. The lowest BCUT2D eigenvalue weighted by atomic mass is 9.67. The highest BCUT2D eigenvalue weighted by Crippen LogP contribution is 2.49. The van der Waals surface area contributed by atoms with Crippen LogP contribution in [-0.4, -0.2) is 16.7 Å². The van der Waals surface area contributed by atoms with Crippen LogP contribution in [0.3, 0.4) is 0 Å². The van der Waals surface area contributed by atoms with Crippen molar-refractivity contribution in [2.45, 2.75) is 32.6 Å². The number of aromatic nitrogens is 1. The van der Waals surface area contributed by atoms with Gasteiger partial charge in [0, 0.05) is 40.4 Å². The lowest BCUT2D eigenvalue weighted by Gasteiger charge is -2.42. The van der Waals surface area contributed by atoms with Crippen LogP contribution in [0.1, 0.15) is 37.5 Å². The summed E-state index contributed by atoms with van der Waals surface area (Å²) in [5.74, 6) is -0.609. The molecule has 29 heavy (non-hydrogen) atoms. The van der Waals surface area contributed by atoms with Gasteiger partial charge in [-0.15, -0.1) is 11.3 Å². The Bertz CT molecular complexity index is 1030. The van der Waals surface area contributed by atoms with Gasteiger partial charge in [-0.2, -0.15) is 0 Å². The number of nitrogens with zero attached hydrogens (tertiary/aromatic N) is 1. The number of allylic oxidation sites excluding steroid dienone is 2. The standard InChI is InChI=1S/C22H22BrN3O2S/c1-12-18(21(28)26-17-6-4-5-9-24-17)20(15-7-8-16(23)29-15)19-13(25-12)10-22(2,3)11-14(19)27/h4-9,18,20,25H,1,10-11H2,2-3H3,(H,24,26,28). The minimum Gasteiger partial charge on any atom is -0.362 e. The molecule has 2 aromatic rings. The van der Waals surface area contributed by atoms with Gasteiger partial charge >= 0.3 is 0 Å². The van der Waals surface area contributed by atoms with Gasteiger partial charge in [0.25, 0.3) is 0 Å². The zero-order chi connectivity index (χ0) is 20.8. The first-order chi connectivity index (χ1) is 13.7. The van der Waals surface area contributed by atoms with Crippen molar-refractivity contribution in [3.8, 4) is 0 Å². The van der Waals surface area contributed by atoms with Gasteiger partial charge in [-0.1, -0.05) is 26.5 Å². The fraction of sp³-hybridized carbons (Fsp3) is 0.318. The normalized spacial score (nSPS) is 23.4. The third-order valence-electron chi connectivity index (χ3n) is 5.35. The van der Waals surface area contributed by atoms with Crippen molar-refractivity contribution in [1.29, 1.82) is 0 Å². The summed E-state index contributed by atoms with van der Waals surface area (Å²) in [5, 5.41) is 6.19. The predicted molar refractivity (Wildman–Crippen MR) is 118 cm³/mol. The monoisotopic (exact) mass is 471 g/mol. The van der Waals surface area contributed by atoms with Crippen LogP contribution in [0.5, 0.6) is 0 Å². The summed E-state index contributed by atoms with van der Waals surface area (Å²) in [6.07, 6.45) is 2.85. The molecular formula is C22H22BrN3O2S. The Labute approximate surface area is 182 Å². The van der Waals surface area contributed by atoms with Crippen molar-refractivity contribution < 1.29 is 9.59 Å². The van der Waals surface area contributed by atoms with E-state index in [4.69, 9.17) is 0 Å². The second kappa shape index (κ2) is 7.54. The Balaban J connectivity index is 1.78. The number of hydrogen-bond donors (Lipinski definition) is 2. The van der Waals surface area contributed by atoms with Crippen LogP contribution in [0.4, 0.5) is 5.82 Å². The summed E-state index contributed by atoms with van der Waals surface area (Å²) >= 11 is 5.06. The molecule has 2 aliphatic rings. The zero-order valence-electron chi connectivity index (χ0n) is 16.3. The molecule has 150 valence electrons. The van der Waals surface area contributed by atoms with E-state index in [-0.39, 0.29) is 23.0 Å². The Morgan fingerprint density at radius 2 is 2.10 bits per heavy atom. The summed E-state index contributed by atoms with van der Waals surface area (Å²) in [4.78, 5) is 31.6. The molecule has 0 aromatic carbocycles. The smallest absolute Gasteiger partial charge is 0.235 e. The summed E-state index contributed by atoms with van der Waals surface area (Å²) in [6, 6.07) is 9.29. The molecule has 2 unspecified atom stereocenters. The molecule has 1 amide bonds. The van der Waals surface area contributed by atoms with Gasteiger partial charge in [0.15, 0.2) is 5.78 Å². The van der Waals surface area contributed by atoms with E-state index in [1.807, 2.05) is 18.2 Å². The van der Waals surface area contributed by atoms with E-state index in [2.05, 4.69) is 52.0 Å². The maximum absolute atomic E-state index is 13.3. The number of nitrogens with one attached hydrogen (secondary N) is 2. The van der Waals surface area contributed by atoms with Gasteiger partial charge in [-0.3, -0.25) is 9.59 Å². The number of carbonyl (C=O) groups is 2. The first-order valence-corrected chi connectivity index (χ1v) is 11.1. The highest BCUT2D eigenvalue weighted by molar-refractivity contribution is 9.11. The number of anilines is 1. The zero-order valence-corrected chi connectivity index (χ0v) is 18.7. The van der Waals surface area contributed by atoms with Crippen molar-refractivity contribution in [2.75, 3.05) is 5.32 Å². The molecule has 0 radical (unpaired) electrons. The largest absolute Gasteiger partial charge is 0.362 e. The topological polar surface area (TPSA) is 71.1 Å². The van der Waals surface area contributed by atoms with E-state index in [1.165, 1.54) is 0 Å². The number of halogens is 1. The van der Waals surface area contributed by atoms with Gasteiger partial charge in [-0.05, 0) is 52.0 Å². The Kier molecular flexibility index (Phi) is 5.21. The van der Waals surface area contributed by atoms with Crippen LogP contribution in [0.2, 0.25) is 0 Å². The van der Waals surface area contributed by atoms with Gasteiger partial charge in [0.2, 0.25) is 5.91 Å². The average molecular weight is 472 g/mol. The third-order valence-corrected chi connectivity index (χ3v) is 7.06. The molecule has 1 aliphatic heterocycles. The van der Waals surface area contributed by atoms with Crippen molar-refractivity contribution in [3.05, 3.63) is 68.7 Å². The van der Waals surface area contributed by atoms with Gasteiger partial charge < -0.3 is 10.6 Å². The molecule has 0 spiro atoms. The molecule has 1 aliphatic carbocycles. The molecule has 2 atom stereocenters. The van der Waals surface area contributed by atoms with Crippen LogP contribution in [0.15, 0.2) is 63.9 Å². The van der Waals surface area contributed by atoms with Crippen molar-refractivity contribution in [2.24, 2.45) is 11.3 Å². The number of pyridine rings is 1. The number of amides is 1. The van der Waals surface area contributed by atoms with Crippen molar-refractivity contribution in [3.63, 3.8) is 0 Å².